The molecule has 1 saturated carbocycles. The largest absolute Gasteiger partial charge is 0.507 e. The third-order valence-electron chi connectivity index (χ3n) is 4.80. The molecule has 4 heteroatoms. The zero-order valence-electron chi connectivity index (χ0n) is 12.9. The van der Waals surface area contributed by atoms with E-state index in [0.717, 1.165) is 17.2 Å². The monoisotopic (exact) mass is 291 g/mol. The molecule has 2 N–H and O–H groups in total. The first-order valence-electron chi connectivity index (χ1n) is 8.00. The molecule has 1 aromatic rings. The highest BCUT2D eigenvalue weighted by molar-refractivity contribution is 5.51. The summed E-state index contributed by atoms with van der Waals surface area (Å²) >= 11 is 0. The van der Waals surface area contributed by atoms with Crippen LogP contribution in [0.5, 0.6) is 17.2 Å². The van der Waals surface area contributed by atoms with Crippen molar-refractivity contribution in [3.63, 3.8) is 0 Å². The van der Waals surface area contributed by atoms with Crippen molar-refractivity contribution >= 4 is 0 Å². The molecule has 4 nitrogen and oxygen atoms in total. The van der Waals surface area contributed by atoms with E-state index < -0.39 is 0 Å². The molecule has 0 aromatic heterocycles. The Morgan fingerprint density at radius 1 is 1.19 bits per heavy atom. The quantitative estimate of drug-likeness (QED) is 0.892. The van der Waals surface area contributed by atoms with E-state index in [9.17, 15) is 5.11 Å². The van der Waals surface area contributed by atoms with Crippen LogP contribution in [0.1, 0.15) is 45.1 Å². The van der Waals surface area contributed by atoms with Crippen LogP contribution in [-0.2, 0) is 6.54 Å². The fraction of sp³-hybridized carbons (Fsp3) is 0.647. The normalized spacial score (nSPS) is 24.5. The van der Waals surface area contributed by atoms with E-state index in [1.54, 1.807) is 6.07 Å². The summed E-state index contributed by atoms with van der Waals surface area (Å²) in [7, 11) is 0. The number of fused-ring (bicyclic) bond motifs is 1. The molecule has 1 aliphatic carbocycles. The number of hydrogen-bond donors (Lipinski definition) is 2. The van der Waals surface area contributed by atoms with Crippen LogP contribution in [0, 0.1) is 11.8 Å². The van der Waals surface area contributed by atoms with Crippen molar-refractivity contribution in [1.29, 1.82) is 0 Å². The average molecular weight is 291 g/mol. The molecule has 0 amide bonds. The zero-order chi connectivity index (χ0) is 14.8. The molecule has 0 radical (unpaired) electrons. The van der Waals surface area contributed by atoms with E-state index in [4.69, 9.17) is 9.47 Å². The lowest BCUT2D eigenvalue weighted by Gasteiger charge is -2.35. The molecule has 116 valence electrons. The predicted molar refractivity (Wildman–Crippen MR) is 81.7 cm³/mol. The Labute approximate surface area is 126 Å². The van der Waals surface area contributed by atoms with Crippen molar-refractivity contribution < 1.29 is 14.6 Å². The Hall–Kier alpha value is -1.42. The van der Waals surface area contributed by atoms with Gasteiger partial charge in [0.15, 0.2) is 11.5 Å². The van der Waals surface area contributed by atoms with Gasteiger partial charge in [0.1, 0.15) is 5.75 Å². The molecule has 2 aliphatic rings. The summed E-state index contributed by atoms with van der Waals surface area (Å²) in [5, 5.41) is 13.7. The molecular weight excluding hydrogens is 266 g/mol. The first-order valence-corrected chi connectivity index (χ1v) is 8.00. The van der Waals surface area contributed by atoms with Gasteiger partial charge in [-0.3, -0.25) is 0 Å². The number of phenols is 1. The van der Waals surface area contributed by atoms with Gasteiger partial charge in [0.25, 0.3) is 0 Å². The van der Waals surface area contributed by atoms with Crippen molar-refractivity contribution in [1.82, 2.24) is 5.32 Å². The fourth-order valence-corrected chi connectivity index (χ4v) is 3.57. The van der Waals surface area contributed by atoms with Gasteiger partial charge in [-0.2, -0.15) is 0 Å². The minimum absolute atomic E-state index is 0.240. The standard InChI is InChI=1S/C17H25NO3/c1-11(2)13-5-3-4-6-14(13)18-9-12-7-16-17(8-15(12)19)21-10-20-16/h7-8,11,13-14,18-19H,3-6,9-10H2,1-2H3. The second-order valence-corrected chi connectivity index (χ2v) is 6.51. The van der Waals surface area contributed by atoms with Crippen LogP contribution in [0.15, 0.2) is 12.1 Å². The fourth-order valence-electron chi connectivity index (χ4n) is 3.57. The van der Waals surface area contributed by atoms with Crippen molar-refractivity contribution in [2.24, 2.45) is 11.8 Å². The second kappa shape index (κ2) is 6.14. The number of rotatable bonds is 4. The summed E-state index contributed by atoms with van der Waals surface area (Å²) in [5.74, 6) is 3.08. The Morgan fingerprint density at radius 3 is 2.67 bits per heavy atom. The van der Waals surface area contributed by atoms with Crippen LogP contribution in [0.2, 0.25) is 0 Å². The lowest BCUT2D eigenvalue weighted by Crippen LogP contribution is -2.40. The molecule has 0 bridgehead atoms. The second-order valence-electron chi connectivity index (χ2n) is 6.51. The molecule has 0 spiro atoms. The third kappa shape index (κ3) is 3.10. The van der Waals surface area contributed by atoms with Gasteiger partial charge in [0.2, 0.25) is 6.79 Å². The van der Waals surface area contributed by atoms with E-state index in [-0.39, 0.29) is 12.5 Å². The molecular formula is C17H25NO3. The maximum absolute atomic E-state index is 10.1. The van der Waals surface area contributed by atoms with Crippen LogP contribution in [-0.4, -0.2) is 17.9 Å². The maximum atomic E-state index is 10.1. The number of aromatic hydroxyl groups is 1. The van der Waals surface area contributed by atoms with Crippen LogP contribution in [0.3, 0.4) is 0 Å². The van der Waals surface area contributed by atoms with Crippen molar-refractivity contribution in [3.05, 3.63) is 17.7 Å². The molecule has 1 heterocycles. The number of hydrogen-bond acceptors (Lipinski definition) is 4. The Bertz CT molecular complexity index is 501. The van der Waals surface area contributed by atoms with Crippen molar-refractivity contribution in [2.45, 2.75) is 52.1 Å². The zero-order valence-corrected chi connectivity index (χ0v) is 12.9. The van der Waals surface area contributed by atoms with Gasteiger partial charge in [-0.05, 0) is 30.7 Å². The summed E-state index contributed by atoms with van der Waals surface area (Å²) < 4.78 is 10.7. The summed E-state index contributed by atoms with van der Waals surface area (Å²) in [4.78, 5) is 0. The number of nitrogens with one attached hydrogen (secondary N) is 1. The van der Waals surface area contributed by atoms with E-state index >= 15 is 0 Å². The van der Waals surface area contributed by atoms with Gasteiger partial charge in [0.05, 0.1) is 0 Å². The summed E-state index contributed by atoms with van der Waals surface area (Å²) in [6.07, 6.45) is 5.18. The first-order chi connectivity index (χ1) is 10.1. The lowest BCUT2D eigenvalue weighted by molar-refractivity contribution is 0.174. The number of ether oxygens (including phenoxy) is 2. The van der Waals surface area contributed by atoms with Gasteiger partial charge >= 0.3 is 0 Å². The van der Waals surface area contributed by atoms with Gasteiger partial charge < -0.3 is 19.9 Å². The van der Waals surface area contributed by atoms with Crippen LogP contribution in [0.4, 0.5) is 0 Å². The van der Waals surface area contributed by atoms with E-state index in [1.807, 2.05) is 6.07 Å². The van der Waals surface area contributed by atoms with Gasteiger partial charge in [-0.1, -0.05) is 26.7 Å². The van der Waals surface area contributed by atoms with Gasteiger partial charge in [-0.15, -0.1) is 0 Å². The number of phenolic OH excluding ortho intramolecular Hbond substituents is 1. The lowest BCUT2D eigenvalue weighted by atomic mass is 9.78. The topological polar surface area (TPSA) is 50.7 Å². The molecule has 2 unspecified atom stereocenters. The minimum Gasteiger partial charge on any atom is -0.507 e. The predicted octanol–water partition coefficient (Wildman–Crippen LogP) is 3.43. The summed E-state index contributed by atoms with van der Waals surface area (Å²) in [5.41, 5.74) is 0.882. The molecule has 0 saturated heterocycles. The summed E-state index contributed by atoms with van der Waals surface area (Å²) in [6, 6.07) is 4.08. The Morgan fingerprint density at radius 2 is 1.90 bits per heavy atom. The highest BCUT2D eigenvalue weighted by Gasteiger charge is 2.27. The Kier molecular flexibility index (Phi) is 4.24. The summed E-state index contributed by atoms with van der Waals surface area (Å²) in [6.45, 7) is 5.53. The van der Waals surface area contributed by atoms with Crippen LogP contribution >= 0.6 is 0 Å². The molecule has 3 rings (SSSR count). The Balaban J connectivity index is 1.67. The molecule has 1 aromatic carbocycles. The van der Waals surface area contributed by atoms with Crippen LogP contribution < -0.4 is 14.8 Å². The maximum Gasteiger partial charge on any atom is 0.231 e. The minimum atomic E-state index is 0.240. The van der Waals surface area contributed by atoms with Gasteiger partial charge in [0, 0.05) is 24.2 Å². The molecule has 1 fully saturated rings. The average Bonchev–Trinajstić information content (AvgIpc) is 2.92. The van der Waals surface area contributed by atoms with E-state index in [2.05, 4.69) is 19.2 Å². The highest BCUT2D eigenvalue weighted by atomic mass is 16.7. The first kappa shape index (κ1) is 14.5. The smallest absolute Gasteiger partial charge is 0.231 e. The van der Waals surface area contributed by atoms with Gasteiger partial charge in [-0.25, -0.2) is 0 Å². The van der Waals surface area contributed by atoms with E-state index in [1.165, 1.54) is 25.7 Å². The highest BCUT2D eigenvalue weighted by Crippen LogP contribution is 2.38. The molecule has 1 aliphatic heterocycles. The third-order valence-corrected chi connectivity index (χ3v) is 4.80. The van der Waals surface area contributed by atoms with Crippen molar-refractivity contribution in [2.75, 3.05) is 6.79 Å². The van der Waals surface area contributed by atoms with Crippen molar-refractivity contribution in [3.8, 4) is 17.2 Å². The molecule has 2 atom stereocenters. The SMILES string of the molecule is CC(C)C1CCCCC1NCc1cc2c(cc1O)OCO2. The van der Waals surface area contributed by atoms with Crippen LogP contribution in [0.25, 0.3) is 0 Å². The number of benzene rings is 1. The molecule has 21 heavy (non-hydrogen) atoms. The van der Waals surface area contributed by atoms with E-state index in [0.29, 0.717) is 24.3 Å².